The lowest BCUT2D eigenvalue weighted by Crippen LogP contribution is -2.42. The van der Waals surface area contributed by atoms with Gasteiger partial charge >= 0.3 is 5.97 Å². The Morgan fingerprint density at radius 1 is 1.00 bits per heavy atom. The average molecular weight is 367 g/mol. The summed E-state index contributed by atoms with van der Waals surface area (Å²) < 4.78 is 5.79. The highest BCUT2D eigenvalue weighted by molar-refractivity contribution is 5.85. The largest absolute Gasteiger partial charge is 0.462 e. The Bertz CT molecular complexity index is 697. The fraction of sp³-hybridized carbons (Fsp3) is 0.435. The molecule has 1 fully saturated rings. The Balaban J connectivity index is 1.86. The minimum Gasteiger partial charge on any atom is -0.462 e. The van der Waals surface area contributed by atoms with Gasteiger partial charge in [-0.25, -0.2) is 4.79 Å². The predicted octanol–water partition coefficient (Wildman–Crippen LogP) is 3.59. The summed E-state index contributed by atoms with van der Waals surface area (Å²) in [6, 6.07) is 18.1. The molecule has 1 aliphatic carbocycles. The molecule has 3 rings (SSSR count). The van der Waals surface area contributed by atoms with Crippen molar-refractivity contribution in [3.8, 4) is 0 Å². The Labute approximate surface area is 161 Å². The molecule has 0 saturated heterocycles. The van der Waals surface area contributed by atoms with Crippen molar-refractivity contribution in [3.05, 3.63) is 71.8 Å². The van der Waals surface area contributed by atoms with Crippen LogP contribution < -0.4 is 0 Å². The summed E-state index contributed by atoms with van der Waals surface area (Å²) in [4.78, 5) is 15.3. The van der Waals surface area contributed by atoms with Crippen molar-refractivity contribution in [2.24, 2.45) is 5.41 Å². The number of carbonyl (C=O) groups excluding carboxylic acids is 1. The lowest BCUT2D eigenvalue weighted by atomic mass is 9.85. The molecule has 2 aromatic carbocycles. The molecular formula is C23H29NO3. The Kier molecular flexibility index (Phi) is 5.98. The molecule has 0 radical (unpaired) electrons. The monoisotopic (exact) mass is 367 g/mol. The Hall–Kier alpha value is -2.17. The summed E-state index contributed by atoms with van der Waals surface area (Å²) in [5, 5.41) is 11.5. The maximum Gasteiger partial charge on any atom is 0.347 e. The first-order valence-corrected chi connectivity index (χ1v) is 9.62. The first-order valence-electron chi connectivity index (χ1n) is 9.62. The van der Waals surface area contributed by atoms with E-state index in [9.17, 15) is 9.90 Å². The van der Waals surface area contributed by atoms with Crippen molar-refractivity contribution in [2.45, 2.75) is 31.3 Å². The minimum atomic E-state index is -1.81. The molecule has 1 aliphatic rings. The summed E-state index contributed by atoms with van der Waals surface area (Å²) in [5.41, 5.74) is -0.781. The normalized spacial score (nSPS) is 16.4. The summed E-state index contributed by atoms with van der Waals surface area (Å²) in [6.45, 7) is 1.22. The third-order valence-electron chi connectivity index (χ3n) is 5.50. The quantitative estimate of drug-likeness (QED) is 0.760. The first-order chi connectivity index (χ1) is 13.0. The van der Waals surface area contributed by atoms with E-state index in [1.54, 1.807) is 24.3 Å². The molecule has 1 saturated carbocycles. The second kappa shape index (κ2) is 8.24. The number of rotatable bonds is 7. The van der Waals surface area contributed by atoms with Gasteiger partial charge in [0.15, 0.2) is 0 Å². The Morgan fingerprint density at radius 2 is 1.48 bits per heavy atom. The predicted molar refractivity (Wildman–Crippen MR) is 106 cm³/mol. The lowest BCUT2D eigenvalue weighted by Gasteiger charge is -2.33. The molecule has 0 aliphatic heterocycles. The second-order valence-electron chi connectivity index (χ2n) is 7.96. The molecule has 1 N–H and O–H groups in total. The van der Waals surface area contributed by atoms with Crippen LogP contribution in [0, 0.1) is 5.41 Å². The zero-order valence-corrected chi connectivity index (χ0v) is 16.2. The second-order valence-corrected chi connectivity index (χ2v) is 7.96. The number of ether oxygens (including phenoxy) is 1. The van der Waals surface area contributed by atoms with E-state index in [-0.39, 0.29) is 5.41 Å². The molecule has 4 nitrogen and oxygen atoms in total. The number of hydrogen-bond donors (Lipinski definition) is 1. The first kappa shape index (κ1) is 19.6. The van der Waals surface area contributed by atoms with Crippen molar-refractivity contribution < 1.29 is 14.6 Å². The van der Waals surface area contributed by atoms with Gasteiger partial charge in [0.25, 0.3) is 0 Å². The third-order valence-corrected chi connectivity index (χ3v) is 5.50. The number of carbonyl (C=O) groups is 1. The summed E-state index contributed by atoms with van der Waals surface area (Å²) in [6.07, 6.45) is 4.42. The van der Waals surface area contributed by atoms with Crippen molar-refractivity contribution in [3.63, 3.8) is 0 Å². The lowest BCUT2D eigenvalue weighted by molar-refractivity contribution is -0.166. The number of hydrogen-bond acceptors (Lipinski definition) is 4. The topological polar surface area (TPSA) is 49.8 Å². The van der Waals surface area contributed by atoms with E-state index in [4.69, 9.17) is 4.74 Å². The SMILES string of the molecule is CN(C)CC1(COC(=O)C(O)(c2ccccc2)c2ccccc2)CCCC1. The van der Waals surface area contributed by atoms with Crippen LogP contribution in [-0.2, 0) is 15.1 Å². The van der Waals surface area contributed by atoms with Crippen LogP contribution in [-0.4, -0.2) is 43.2 Å². The number of aliphatic hydroxyl groups is 1. The van der Waals surface area contributed by atoms with Gasteiger partial charge < -0.3 is 14.7 Å². The van der Waals surface area contributed by atoms with E-state index in [1.165, 1.54) is 0 Å². The summed E-state index contributed by atoms with van der Waals surface area (Å²) in [5.74, 6) is -0.607. The molecule has 27 heavy (non-hydrogen) atoms. The molecule has 4 heteroatoms. The molecular weight excluding hydrogens is 338 g/mol. The van der Waals surface area contributed by atoms with Crippen molar-refractivity contribution >= 4 is 5.97 Å². The van der Waals surface area contributed by atoms with Gasteiger partial charge in [0.2, 0.25) is 5.60 Å². The van der Waals surface area contributed by atoms with E-state index in [0.29, 0.717) is 17.7 Å². The highest BCUT2D eigenvalue weighted by Crippen LogP contribution is 2.40. The average Bonchev–Trinajstić information content (AvgIpc) is 3.14. The van der Waals surface area contributed by atoms with Crippen LogP contribution in [0.5, 0.6) is 0 Å². The standard InChI is InChI=1S/C23H29NO3/c1-24(2)17-22(15-9-10-16-22)18-27-21(25)23(26,19-11-5-3-6-12-19)20-13-7-4-8-14-20/h3-8,11-14,26H,9-10,15-18H2,1-2H3. The highest BCUT2D eigenvalue weighted by atomic mass is 16.6. The van der Waals surface area contributed by atoms with Gasteiger partial charge in [-0.1, -0.05) is 73.5 Å². The van der Waals surface area contributed by atoms with E-state index in [0.717, 1.165) is 32.2 Å². The summed E-state index contributed by atoms with van der Waals surface area (Å²) in [7, 11) is 4.10. The van der Waals surface area contributed by atoms with Crippen molar-refractivity contribution in [2.75, 3.05) is 27.2 Å². The van der Waals surface area contributed by atoms with Gasteiger partial charge in [0.1, 0.15) is 0 Å². The van der Waals surface area contributed by atoms with Gasteiger partial charge in [0, 0.05) is 12.0 Å². The van der Waals surface area contributed by atoms with Gasteiger partial charge in [-0.15, -0.1) is 0 Å². The molecule has 2 aromatic rings. The fourth-order valence-electron chi connectivity index (χ4n) is 4.23. The van der Waals surface area contributed by atoms with Crippen LogP contribution in [0.15, 0.2) is 60.7 Å². The zero-order valence-electron chi connectivity index (χ0n) is 16.2. The number of nitrogens with zero attached hydrogens (tertiary/aromatic N) is 1. The minimum absolute atomic E-state index is 0.0204. The number of benzene rings is 2. The van der Waals surface area contributed by atoms with E-state index in [1.807, 2.05) is 50.5 Å². The summed E-state index contributed by atoms with van der Waals surface area (Å²) >= 11 is 0. The molecule has 144 valence electrons. The van der Waals surface area contributed by atoms with Crippen molar-refractivity contribution in [1.82, 2.24) is 4.90 Å². The van der Waals surface area contributed by atoms with Gasteiger partial charge in [0.05, 0.1) is 6.61 Å². The van der Waals surface area contributed by atoms with Crippen molar-refractivity contribution in [1.29, 1.82) is 0 Å². The van der Waals surface area contributed by atoms with Gasteiger partial charge in [-0.05, 0) is 38.1 Å². The molecule has 0 bridgehead atoms. The van der Waals surface area contributed by atoms with Crippen LogP contribution in [0.2, 0.25) is 0 Å². The Morgan fingerprint density at radius 3 is 1.93 bits per heavy atom. The fourth-order valence-corrected chi connectivity index (χ4v) is 4.23. The van der Waals surface area contributed by atoms with Crippen LogP contribution in [0.4, 0.5) is 0 Å². The molecule has 0 atom stereocenters. The molecule has 0 amide bonds. The molecule has 0 aromatic heterocycles. The maximum absolute atomic E-state index is 13.2. The zero-order chi connectivity index (χ0) is 19.3. The maximum atomic E-state index is 13.2. The highest BCUT2D eigenvalue weighted by Gasteiger charge is 2.43. The third kappa shape index (κ3) is 4.23. The van der Waals surface area contributed by atoms with Crippen LogP contribution in [0.3, 0.4) is 0 Å². The van der Waals surface area contributed by atoms with Crippen LogP contribution >= 0.6 is 0 Å². The van der Waals surface area contributed by atoms with E-state index >= 15 is 0 Å². The molecule has 0 unspecified atom stereocenters. The van der Waals surface area contributed by atoms with E-state index in [2.05, 4.69) is 4.90 Å². The molecule has 0 spiro atoms. The number of esters is 1. The van der Waals surface area contributed by atoms with Crippen LogP contribution in [0.25, 0.3) is 0 Å². The van der Waals surface area contributed by atoms with Gasteiger partial charge in [-0.3, -0.25) is 0 Å². The van der Waals surface area contributed by atoms with E-state index < -0.39 is 11.6 Å². The van der Waals surface area contributed by atoms with Crippen LogP contribution in [0.1, 0.15) is 36.8 Å². The van der Waals surface area contributed by atoms with Gasteiger partial charge in [-0.2, -0.15) is 0 Å². The molecule has 0 heterocycles. The smallest absolute Gasteiger partial charge is 0.347 e.